The molecule has 27 heavy (non-hydrogen) atoms. The zero-order valence-corrected chi connectivity index (χ0v) is 15.1. The molecular weight excluding hydrogens is 348 g/mol. The van der Waals surface area contributed by atoms with Gasteiger partial charge in [-0.25, -0.2) is 4.79 Å². The first-order valence-corrected chi connectivity index (χ1v) is 8.49. The number of carbonyl (C=O) groups excluding carboxylic acids is 2. The van der Waals surface area contributed by atoms with Crippen LogP contribution in [0.25, 0.3) is 0 Å². The smallest absolute Gasteiger partial charge is 0.330 e. The molecule has 1 unspecified atom stereocenters. The van der Waals surface area contributed by atoms with Crippen LogP contribution in [0.15, 0.2) is 42.5 Å². The highest BCUT2D eigenvalue weighted by Crippen LogP contribution is 2.31. The molecule has 0 aliphatic carbocycles. The van der Waals surface area contributed by atoms with Crippen molar-refractivity contribution in [2.75, 3.05) is 18.1 Å². The minimum absolute atomic E-state index is 0.163. The Morgan fingerprint density at radius 2 is 1.93 bits per heavy atom. The maximum atomic E-state index is 12.5. The number of anilines is 1. The fourth-order valence-corrected chi connectivity index (χ4v) is 3.04. The van der Waals surface area contributed by atoms with Crippen LogP contribution in [0.1, 0.15) is 22.7 Å². The van der Waals surface area contributed by atoms with Gasteiger partial charge >= 0.3 is 5.97 Å². The second kappa shape index (κ2) is 7.49. The first kappa shape index (κ1) is 18.4. The van der Waals surface area contributed by atoms with Gasteiger partial charge in [0, 0.05) is 0 Å². The van der Waals surface area contributed by atoms with Crippen molar-refractivity contribution < 1.29 is 24.2 Å². The summed E-state index contributed by atoms with van der Waals surface area (Å²) in [6, 6.07) is 11.0. The standard InChI is InChI=1S/C20H20N2O5/c1-12-6-5-7-14(13(12)2)19(20(25)26)21-17(23)10-22-15-8-3-4-9-16(15)27-11-18(22)24/h3-9,19H,10-11H2,1-2H3,(H,21,23)(H,25,26). The van der Waals surface area contributed by atoms with Crippen molar-refractivity contribution in [3.05, 3.63) is 59.2 Å². The minimum atomic E-state index is -1.19. The van der Waals surface area contributed by atoms with E-state index in [0.717, 1.165) is 11.1 Å². The Bertz CT molecular complexity index is 909. The van der Waals surface area contributed by atoms with E-state index < -0.39 is 17.9 Å². The molecule has 1 heterocycles. The number of para-hydroxylation sites is 2. The number of benzene rings is 2. The van der Waals surface area contributed by atoms with Crippen molar-refractivity contribution >= 4 is 23.5 Å². The number of aryl methyl sites for hydroxylation is 1. The van der Waals surface area contributed by atoms with Gasteiger partial charge in [0.1, 0.15) is 12.3 Å². The molecular formula is C20H20N2O5. The van der Waals surface area contributed by atoms with E-state index in [1.165, 1.54) is 4.90 Å². The van der Waals surface area contributed by atoms with Gasteiger partial charge in [0.2, 0.25) is 5.91 Å². The number of amides is 2. The number of carboxylic acids is 1. The van der Waals surface area contributed by atoms with E-state index in [9.17, 15) is 19.5 Å². The number of rotatable bonds is 5. The van der Waals surface area contributed by atoms with Crippen molar-refractivity contribution in [2.24, 2.45) is 0 Å². The summed E-state index contributed by atoms with van der Waals surface area (Å²) in [6.45, 7) is 3.24. The molecule has 1 atom stereocenters. The average molecular weight is 368 g/mol. The van der Waals surface area contributed by atoms with Crippen molar-refractivity contribution in [1.29, 1.82) is 0 Å². The molecule has 0 bridgehead atoms. The molecule has 2 N–H and O–H groups in total. The van der Waals surface area contributed by atoms with Gasteiger partial charge in [0.25, 0.3) is 5.91 Å². The first-order chi connectivity index (χ1) is 12.9. The number of carboxylic acid groups (broad SMARTS) is 1. The lowest BCUT2D eigenvalue weighted by atomic mass is 9.97. The Hall–Kier alpha value is -3.35. The molecule has 0 spiro atoms. The zero-order chi connectivity index (χ0) is 19.6. The molecule has 1 aliphatic heterocycles. The van der Waals surface area contributed by atoms with E-state index >= 15 is 0 Å². The molecule has 0 radical (unpaired) electrons. The number of ether oxygens (including phenoxy) is 1. The predicted octanol–water partition coefficient (Wildman–Crippen LogP) is 1.97. The number of nitrogens with one attached hydrogen (secondary N) is 1. The topological polar surface area (TPSA) is 95.9 Å². The lowest BCUT2D eigenvalue weighted by Gasteiger charge is -2.29. The van der Waals surface area contributed by atoms with Crippen molar-refractivity contribution in [3.63, 3.8) is 0 Å². The normalized spacial score (nSPS) is 14.1. The third-order valence-electron chi connectivity index (χ3n) is 4.62. The third kappa shape index (κ3) is 3.76. The fourth-order valence-electron chi connectivity index (χ4n) is 3.04. The summed E-state index contributed by atoms with van der Waals surface area (Å²) in [6.07, 6.45) is 0. The quantitative estimate of drug-likeness (QED) is 0.841. The lowest BCUT2D eigenvalue weighted by Crippen LogP contribution is -2.46. The number of nitrogens with zero attached hydrogens (tertiary/aromatic N) is 1. The number of hydrogen-bond acceptors (Lipinski definition) is 4. The van der Waals surface area contributed by atoms with E-state index in [1.54, 1.807) is 36.4 Å². The number of hydrogen-bond donors (Lipinski definition) is 2. The van der Waals surface area contributed by atoms with Crippen LogP contribution in [-0.4, -0.2) is 36.0 Å². The second-order valence-corrected chi connectivity index (χ2v) is 6.36. The summed E-state index contributed by atoms with van der Waals surface area (Å²) in [5.74, 6) is -1.57. The Balaban J connectivity index is 1.81. The molecule has 7 heteroatoms. The largest absolute Gasteiger partial charge is 0.482 e. The minimum Gasteiger partial charge on any atom is -0.482 e. The van der Waals surface area contributed by atoms with E-state index in [-0.39, 0.29) is 19.1 Å². The molecule has 0 saturated carbocycles. The summed E-state index contributed by atoms with van der Waals surface area (Å²) < 4.78 is 5.35. The summed E-state index contributed by atoms with van der Waals surface area (Å²) in [4.78, 5) is 37.8. The van der Waals surface area contributed by atoms with E-state index in [4.69, 9.17) is 4.74 Å². The van der Waals surface area contributed by atoms with Crippen LogP contribution in [-0.2, 0) is 14.4 Å². The van der Waals surface area contributed by atoms with Crippen LogP contribution < -0.4 is 15.0 Å². The molecule has 7 nitrogen and oxygen atoms in total. The summed E-state index contributed by atoms with van der Waals surface area (Å²) in [5.41, 5.74) is 2.75. The van der Waals surface area contributed by atoms with Gasteiger partial charge in [0.15, 0.2) is 12.6 Å². The lowest BCUT2D eigenvalue weighted by molar-refractivity contribution is -0.141. The summed E-state index contributed by atoms with van der Waals surface area (Å²) in [5, 5.41) is 12.1. The van der Waals surface area contributed by atoms with Gasteiger partial charge in [-0.3, -0.25) is 14.5 Å². The molecule has 0 saturated heterocycles. The molecule has 0 fully saturated rings. The van der Waals surface area contributed by atoms with Gasteiger partial charge < -0.3 is 15.2 Å². The van der Waals surface area contributed by atoms with Crippen molar-refractivity contribution in [2.45, 2.75) is 19.9 Å². The van der Waals surface area contributed by atoms with Crippen LogP contribution in [0.2, 0.25) is 0 Å². The first-order valence-electron chi connectivity index (χ1n) is 8.49. The number of aliphatic carboxylic acids is 1. The van der Waals surface area contributed by atoms with Crippen LogP contribution in [0, 0.1) is 13.8 Å². The highest BCUT2D eigenvalue weighted by Gasteiger charge is 2.29. The zero-order valence-electron chi connectivity index (χ0n) is 15.1. The Morgan fingerprint density at radius 1 is 1.19 bits per heavy atom. The molecule has 2 aromatic rings. The highest BCUT2D eigenvalue weighted by atomic mass is 16.5. The Labute approximate surface area is 156 Å². The molecule has 2 amide bonds. The van der Waals surface area contributed by atoms with Crippen LogP contribution >= 0.6 is 0 Å². The number of carbonyl (C=O) groups is 3. The maximum Gasteiger partial charge on any atom is 0.330 e. The van der Waals surface area contributed by atoms with E-state index in [0.29, 0.717) is 17.0 Å². The van der Waals surface area contributed by atoms with Crippen molar-refractivity contribution in [3.8, 4) is 5.75 Å². The van der Waals surface area contributed by atoms with E-state index in [1.807, 2.05) is 19.9 Å². The van der Waals surface area contributed by atoms with Crippen LogP contribution in [0.5, 0.6) is 5.75 Å². The molecule has 2 aromatic carbocycles. The van der Waals surface area contributed by atoms with Crippen molar-refractivity contribution in [1.82, 2.24) is 5.32 Å². The van der Waals surface area contributed by atoms with E-state index in [2.05, 4.69) is 5.32 Å². The monoisotopic (exact) mass is 368 g/mol. The van der Waals surface area contributed by atoms with Gasteiger partial charge in [0.05, 0.1) is 5.69 Å². The average Bonchev–Trinajstić information content (AvgIpc) is 2.64. The Kier molecular flexibility index (Phi) is 5.12. The van der Waals surface area contributed by atoms with Gasteiger partial charge in [-0.15, -0.1) is 0 Å². The van der Waals surface area contributed by atoms with Gasteiger partial charge in [-0.05, 0) is 42.7 Å². The highest BCUT2D eigenvalue weighted by molar-refractivity contribution is 6.02. The molecule has 0 aromatic heterocycles. The summed E-state index contributed by atoms with van der Waals surface area (Å²) >= 11 is 0. The maximum absolute atomic E-state index is 12.5. The molecule has 1 aliphatic rings. The SMILES string of the molecule is Cc1cccc(C(NC(=O)CN2C(=O)COc3ccccc32)C(=O)O)c1C. The van der Waals surface area contributed by atoms with Gasteiger partial charge in [-0.1, -0.05) is 30.3 Å². The van der Waals surface area contributed by atoms with Crippen LogP contribution in [0.3, 0.4) is 0 Å². The summed E-state index contributed by atoms with van der Waals surface area (Å²) in [7, 11) is 0. The molecule has 3 rings (SSSR count). The third-order valence-corrected chi connectivity index (χ3v) is 4.62. The second-order valence-electron chi connectivity index (χ2n) is 6.36. The Morgan fingerprint density at radius 3 is 2.67 bits per heavy atom. The molecule has 140 valence electrons. The van der Waals surface area contributed by atoms with Crippen LogP contribution in [0.4, 0.5) is 5.69 Å². The van der Waals surface area contributed by atoms with Gasteiger partial charge in [-0.2, -0.15) is 0 Å². The fraction of sp³-hybridized carbons (Fsp3) is 0.250. The predicted molar refractivity (Wildman–Crippen MR) is 98.7 cm³/mol. The number of fused-ring (bicyclic) bond motifs is 1.